The molecule has 0 aliphatic carbocycles. The number of nitrogens with zero attached hydrogens (tertiary/aromatic N) is 2. The molecule has 0 bridgehead atoms. The van der Waals surface area contributed by atoms with Crippen LogP contribution in [0.5, 0.6) is 0 Å². The Kier molecular flexibility index (Phi) is 6.97. The van der Waals surface area contributed by atoms with Crippen molar-refractivity contribution in [3.8, 4) is 44.8 Å². The normalized spacial score (nSPS) is 11.5. The van der Waals surface area contributed by atoms with Crippen LogP contribution < -0.4 is 5.69 Å². The van der Waals surface area contributed by atoms with E-state index < -0.39 is 0 Å². The number of imidazole rings is 1. The van der Waals surface area contributed by atoms with Gasteiger partial charge in [0.2, 0.25) is 0 Å². The number of fused-ring (bicyclic) bond motifs is 4. The molecule has 1 heterocycles. The molecular formula is C49H32N2O. The number of hydrogen-bond acceptors (Lipinski definition) is 1. The largest absolute Gasteiger partial charge is 0.338 e. The number of rotatable bonds is 5. The molecule has 9 aromatic carbocycles. The van der Waals surface area contributed by atoms with Gasteiger partial charge in [-0.1, -0.05) is 158 Å². The fraction of sp³-hybridized carbons (Fsp3) is 0. The summed E-state index contributed by atoms with van der Waals surface area (Å²) in [4.78, 5) is 14.6. The first-order chi connectivity index (χ1) is 25.7. The fourth-order valence-corrected chi connectivity index (χ4v) is 8.03. The van der Waals surface area contributed by atoms with Crippen molar-refractivity contribution in [2.24, 2.45) is 0 Å². The SMILES string of the molecule is O=c1n(-c2ccc(-c3c4ccccc4c(-c4ccc5ccccc5c4)c4ccccc34)cc2)c2ccccc2n1-c1ccccc1-c1ccccc1. The third-order valence-electron chi connectivity index (χ3n) is 10.4. The second-order valence-electron chi connectivity index (χ2n) is 13.3. The number of hydrogen-bond donors (Lipinski definition) is 0. The van der Waals surface area contributed by atoms with E-state index in [0.29, 0.717) is 0 Å². The highest BCUT2D eigenvalue weighted by Crippen LogP contribution is 2.44. The predicted octanol–water partition coefficient (Wildman–Crippen LogP) is 12.2. The van der Waals surface area contributed by atoms with Crippen LogP contribution in [0.3, 0.4) is 0 Å². The van der Waals surface area contributed by atoms with Crippen molar-refractivity contribution in [2.45, 2.75) is 0 Å². The van der Waals surface area contributed by atoms with Crippen molar-refractivity contribution in [1.29, 1.82) is 0 Å². The molecule has 0 spiro atoms. The van der Waals surface area contributed by atoms with Gasteiger partial charge in [0.15, 0.2) is 0 Å². The molecule has 0 unspecified atom stereocenters. The Morgan fingerprint density at radius 2 is 0.846 bits per heavy atom. The van der Waals surface area contributed by atoms with Gasteiger partial charge in [0, 0.05) is 5.56 Å². The molecule has 244 valence electrons. The Hall–Kier alpha value is -6.97. The molecule has 0 fully saturated rings. The molecule has 0 radical (unpaired) electrons. The zero-order valence-corrected chi connectivity index (χ0v) is 28.3. The van der Waals surface area contributed by atoms with Gasteiger partial charge in [-0.25, -0.2) is 4.79 Å². The summed E-state index contributed by atoms with van der Waals surface area (Å²) in [6.45, 7) is 0. The van der Waals surface area contributed by atoms with Crippen LogP contribution in [0.15, 0.2) is 199 Å². The smallest absolute Gasteiger partial charge is 0.260 e. The summed E-state index contributed by atoms with van der Waals surface area (Å²) >= 11 is 0. The van der Waals surface area contributed by atoms with Crippen LogP contribution in [0.25, 0.3) is 88.1 Å². The lowest BCUT2D eigenvalue weighted by molar-refractivity contribution is 0.932. The van der Waals surface area contributed by atoms with E-state index in [2.05, 4.69) is 133 Å². The quantitative estimate of drug-likeness (QED) is 0.168. The van der Waals surface area contributed by atoms with Crippen molar-refractivity contribution in [3.05, 3.63) is 205 Å². The van der Waals surface area contributed by atoms with Gasteiger partial charge in [0.05, 0.1) is 22.4 Å². The van der Waals surface area contributed by atoms with Crippen LogP contribution in [-0.4, -0.2) is 9.13 Å². The van der Waals surface area contributed by atoms with Crippen molar-refractivity contribution in [3.63, 3.8) is 0 Å². The van der Waals surface area contributed by atoms with Crippen LogP contribution in [-0.2, 0) is 0 Å². The summed E-state index contributed by atoms with van der Waals surface area (Å²) in [5.41, 5.74) is 10.1. The molecule has 1 aromatic heterocycles. The maximum atomic E-state index is 14.6. The highest BCUT2D eigenvalue weighted by molar-refractivity contribution is 6.21. The first kappa shape index (κ1) is 29.9. The molecule has 0 saturated carbocycles. The summed E-state index contributed by atoms with van der Waals surface area (Å²) in [5.74, 6) is 0. The first-order valence-electron chi connectivity index (χ1n) is 17.7. The maximum Gasteiger partial charge on any atom is 0.338 e. The Labute approximate surface area is 300 Å². The molecule has 52 heavy (non-hydrogen) atoms. The van der Waals surface area contributed by atoms with Crippen molar-refractivity contribution in [1.82, 2.24) is 9.13 Å². The van der Waals surface area contributed by atoms with Crippen LogP contribution >= 0.6 is 0 Å². The van der Waals surface area contributed by atoms with E-state index in [0.717, 1.165) is 39.1 Å². The van der Waals surface area contributed by atoms with Gasteiger partial charge >= 0.3 is 5.69 Å². The van der Waals surface area contributed by atoms with Crippen molar-refractivity contribution >= 4 is 43.4 Å². The van der Waals surface area contributed by atoms with Gasteiger partial charge in [0.1, 0.15) is 0 Å². The van der Waals surface area contributed by atoms with Crippen LogP contribution in [0.1, 0.15) is 0 Å². The van der Waals surface area contributed by atoms with Gasteiger partial charge in [0.25, 0.3) is 0 Å². The van der Waals surface area contributed by atoms with Crippen LogP contribution in [0.2, 0.25) is 0 Å². The van der Waals surface area contributed by atoms with Crippen molar-refractivity contribution < 1.29 is 0 Å². The zero-order valence-electron chi connectivity index (χ0n) is 28.3. The first-order valence-corrected chi connectivity index (χ1v) is 17.7. The minimum atomic E-state index is -0.104. The molecule has 0 amide bonds. The highest BCUT2D eigenvalue weighted by atomic mass is 16.1. The van der Waals surface area contributed by atoms with Gasteiger partial charge in [-0.05, 0) is 96.5 Å². The second-order valence-corrected chi connectivity index (χ2v) is 13.3. The molecule has 10 rings (SSSR count). The Bertz CT molecular complexity index is 2970. The fourth-order valence-electron chi connectivity index (χ4n) is 8.03. The van der Waals surface area contributed by atoms with E-state index in [1.54, 1.807) is 0 Å². The monoisotopic (exact) mass is 664 g/mol. The molecule has 0 atom stereocenters. The van der Waals surface area contributed by atoms with E-state index in [9.17, 15) is 4.79 Å². The van der Waals surface area contributed by atoms with Crippen LogP contribution in [0.4, 0.5) is 0 Å². The third-order valence-corrected chi connectivity index (χ3v) is 10.4. The minimum Gasteiger partial charge on any atom is -0.260 e. The van der Waals surface area contributed by atoms with E-state index in [1.807, 2.05) is 69.8 Å². The lowest BCUT2D eigenvalue weighted by Gasteiger charge is -2.18. The molecule has 3 heteroatoms. The molecule has 10 aromatic rings. The van der Waals surface area contributed by atoms with Gasteiger partial charge in [-0.3, -0.25) is 9.13 Å². The summed E-state index contributed by atoms with van der Waals surface area (Å²) in [6, 6.07) is 67.7. The Morgan fingerprint density at radius 3 is 1.52 bits per heavy atom. The second kappa shape index (κ2) is 12.1. The van der Waals surface area contributed by atoms with Gasteiger partial charge in [-0.15, -0.1) is 0 Å². The molecule has 0 aliphatic rings. The lowest BCUT2D eigenvalue weighted by Crippen LogP contribution is -2.22. The summed E-state index contributed by atoms with van der Waals surface area (Å²) in [7, 11) is 0. The number of aromatic nitrogens is 2. The standard InChI is InChI=1S/C49H32N2O/c52-49-50(45-24-12-13-25-46(45)51(49)44-23-11-10-18-39(44)34-15-2-1-3-16-34)38-30-28-35(29-31-38)47-40-19-6-8-21-42(40)48(43-22-9-7-20-41(43)47)37-27-26-33-14-4-5-17-36(33)32-37/h1-32H. The molecule has 0 aliphatic heterocycles. The highest BCUT2D eigenvalue weighted by Gasteiger charge is 2.20. The van der Waals surface area contributed by atoms with E-state index >= 15 is 0 Å². The minimum absolute atomic E-state index is 0.104. The third kappa shape index (κ3) is 4.71. The topological polar surface area (TPSA) is 26.9 Å². The lowest BCUT2D eigenvalue weighted by atomic mass is 9.85. The zero-order chi connectivity index (χ0) is 34.6. The van der Waals surface area contributed by atoms with E-state index in [-0.39, 0.29) is 5.69 Å². The Morgan fingerprint density at radius 1 is 0.346 bits per heavy atom. The average Bonchev–Trinajstić information content (AvgIpc) is 3.51. The van der Waals surface area contributed by atoms with E-state index in [1.165, 1.54) is 49.0 Å². The maximum absolute atomic E-state index is 14.6. The summed E-state index contributed by atoms with van der Waals surface area (Å²) in [6.07, 6.45) is 0. The molecule has 3 nitrogen and oxygen atoms in total. The van der Waals surface area contributed by atoms with Gasteiger partial charge < -0.3 is 0 Å². The predicted molar refractivity (Wildman–Crippen MR) is 218 cm³/mol. The van der Waals surface area contributed by atoms with Crippen molar-refractivity contribution in [2.75, 3.05) is 0 Å². The Balaban J connectivity index is 1.15. The summed E-state index contributed by atoms with van der Waals surface area (Å²) < 4.78 is 3.68. The van der Waals surface area contributed by atoms with Gasteiger partial charge in [-0.2, -0.15) is 0 Å². The average molecular weight is 665 g/mol. The number of benzene rings is 9. The molecule has 0 N–H and O–H groups in total. The van der Waals surface area contributed by atoms with Crippen LogP contribution in [0, 0.1) is 0 Å². The summed E-state index contributed by atoms with van der Waals surface area (Å²) in [5, 5.41) is 7.29. The number of para-hydroxylation sites is 3. The molecule has 0 saturated heterocycles. The molecular weight excluding hydrogens is 633 g/mol. The van der Waals surface area contributed by atoms with E-state index in [4.69, 9.17) is 0 Å².